The summed E-state index contributed by atoms with van der Waals surface area (Å²) in [6.07, 6.45) is 7.61. The molecule has 0 aliphatic rings. The van der Waals surface area contributed by atoms with Crippen LogP contribution in [0.4, 0.5) is 11.5 Å². The first kappa shape index (κ1) is 12.7. The summed E-state index contributed by atoms with van der Waals surface area (Å²) in [4.78, 5) is 17.8. The van der Waals surface area contributed by atoms with E-state index in [1.807, 2.05) is 0 Å². The first-order chi connectivity index (χ1) is 8.20. The molecule has 0 atom stereocenters. The average Bonchev–Trinajstić information content (AvgIpc) is 2.33. The lowest BCUT2D eigenvalue weighted by atomic mass is 10.3. The number of nitro groups is 1. The largest absolute Gasteiger partial charge is 0.476 e. The number of terminal acetylenes is 1. The molecule has 1 aromatic heterocycles. The van der Waals surface area contributed by atoms with Crippen molar-refractivity contribution in [2.75, 3.05) is 19.0 Å². The highest BCUT2D eigenvalue weighted by Gasteiger charge is 2.23. The molecule has 0 aromatic carbocycles. The SMILES string of the molecule is C#CCCCNc1ncnc(OC)c1[N+](=O)[O-]. The minimum atomic E-state index is -0.581. The van der Waals surface area contributed by atoms with Gasteiger partial charge in [0.1, 0.15) is 6.33 Å². The van der Waals surface area contributed by atoms with Crippen molar-refractivity contribution in [3.05, 3.63) is 16.4 Å². The molecule has 17 heavy (non-hydrogen) atoms. The van der Waals surface area contributed by atoms with Crippen LogP contribution >= 0.6 is 0 Å². The molecule has 1 heterocycles. The molecule has 1 N–H and O–H groups in total. The normalized spacial score (nSPS) is 9.41. The Labute approximate surface area is 98.4 Å². The number of aromatic nitrogens is 2. The zero-order chi connectivity index (χ0) is 12.7. The highest BCUT2D eigenvalue weighted by atomic mass is 16.6. The predicted octanol–water partition coefficient (Wildman–Crippen LogP) is 1.22. The second-order valence-electron chi connectivity index (χ2n) is 3.07. The Balaban J connectivity index is 2.84. The first-order valence-electron chi connectivity index (χ1n) is 4.91. The van der Waals surface area contributed by atoms with Crippen molar-refractivity contribution >= 4 is 11.5 Å². The molecule has 0 spiro atoms. The quantitative estimate of drug-likeness (QED) is 0.345. The molecule has 0 bridgehead atoms. The van der Waals surface area contributed by atoms with E-state index in [9.17, 15) is 10.1 Å². The number of ether oxygens (including phenoxy) is 1. The van der Waals surface area contributed by atoms with Crippen LogP contribution in [0.3, 0.4) is 0 Å². The van der Waals surface area contributed by atoms with Gasteiger partial charge in [-0.05, 0) is 6.42 Å². The van der Waals surface area contributed by atoms with Gasteiger partial charge in [-0.1, -0.05) is 0 Å². The van der Waals surface area contributed by atoms with E-state index in [-0.39, 0.29) is 17.4 Å². The molecule has 7 heteroatoms. The van der Waals surface area contributed by atoms with Crippen molar-refractivity contribution < 1.29 is 9.66 Å². The van der Waals surface area contributed by atoms with Gasteiger partial charge >= 0.3 is 5.69 Å². The zero-order valence-electron chi connectivity index (χ0n) is 9.34. The fourth-order valence-electron chi connectivity index (χ4n) is 1.20. The second-order valence-corrected chi connectivity index (χ2v) is 3.07. The molecule has 7 nitrogen and oxygen atoms in total. The summed E-state index contributed by atoms with van der Waals surface area (Å²) in [5, 5.41) is 13.7. The van der Waals surface area contributed by atoms with Crippen LogP contribution in [-0.2, 0) is 0 Å². The Hall–Kier alpha value is -2.36. The van der Waals surface area contributed by atoms with Crippen LogP contribution < -0.4 is 10.1 Å². The number of methoxy groups -OCH3 is 1. The summed E-state index contributed by atoms with van der Waals surface area (Å²) in [5.41, 5.74) is -0.268. The lowest BCUT2D eigenvalue weighted by Gasteiger charge is -2.06. The van der Waals surface area contributed by atoms with E-state index in [1.165, 1.54) is 13.4 Å². The summed E-state index contributed by atoms with van der Waals surface area (Å²) >= 11 is 0. The average molecular weight is 236 g/mol. The number of nitrogens with one attached hydrogen (secondary N) is 1. The first-order valence-corrected chi connectivity index (χ1v) is 4.91. The van der Waals surface area contributed by atoms with Crippen molar-refractivity contribution in [2.24, 2.45) is 0 Å². The maximum absolute atomic E-state index is 10.9. The third-order valence-electron chi connectivity index (χ3n) is 1.95. The van der Waals surface area contributed by atoms with Gasteiger partial charge in [0.05, 0.1) is 12.0 Å². The Morgan fingerprint density at radius 3 is 3.00 bits per heavy atom. The lowest BCUT2D eigenvalue weighted by molar-refractivity contribution is -0.385. The van der Waals surface area contributed by atoms with Gasteiger partial charge in [0.2, 0.25) is 5.82 Å². The molecule has 90 valence electrons. The molecule has 1 aromatic rings. The van der Waals surface area contributed by atoms with Crippen LogP contribution in [0.2, 0.25) is 0 Å². The standard InChI is InChI=1S/C10H12N4O3/c1-3-4-5-6-11-9-8(14(15)16)10(17-2)13-7-12-9/h1,7H,4-6H2,2H3,(H,11,12,13). The number of nitrogens with zero attached hydrogens (tertiary/aromatic N) is 3. The van der Waals surface area contributed by atoms with Crippen molar-refractivity contribution in [2.45, 2.75) is 12.8 Å². The molecule has 1 rings (SSSR count). The van der Waals surface area contributed by atoms with Crippen LogP contribution in [0.5, 0.6) is 5.88 Å². The van der Waals surface area contributed by atoms with Gasteiger partial charge < -0.3 is 10.1 Å². The van der Waals surface area contributed by atoms with E-state index in [0.717, 1.165) is 0 Å². The monoisotopic (exact) mass is 236 g/mol. The summed E-state index contributed by atoms with van der Waals surface area (Å²) in [7, 11) is 1.32. The molecule has 0 aliphatic carbocycles. The van der Waals surface area contributed by atoms with Crippen molar-refractivity contribution in [3.63, 3.8) is 0 Å². The van der Waals surface area contributed by atoms with Crippen LogP contribution in [0.1, 0.15) is 12.8 Å². The van der Waals surface area contributed by atoms with Gasteiger partial charge in [-0.25, -0.2) is 4.98 Å². The van der Waals surface area contributed by atoms with Gasteiger partial charge in [0.25, 0.3) is 5.88 Å². The highest BCUT2D eigenvalue weighted by Crippen LogP contribution is 2.30. The number of anilines is 1. The van der Waals surface area contributed by atoms with E-state index in [4.69, 9.17) is 11.2 Å². The number of unbranched alkanes of at least 4 members (excludes halogenated alkanes) is 1. The summed E-state index contributed by atoms with van der Waals surface area (Å²) in [5.74, 6) is 2.56. The topological polar surface area (TPSA) is 90.2 Å². The molecule has 0 amide bonds. The summed E-state index contributed by atoms with van der Waals surface area (Å²) in [6, 6.07) is 0. The van der Waals surface area contributed by atoms with E-state index in [0.29, 0.717) is 19.4 Å². The van der Waals surface area contributed by atoms with E-state index in [2.05, 4.69) is 21.2 Å². The van der Waals surface area contributed by atoms with Crippen LogP contribution in [0.25, 0.3) is 0 Å². The van der Waals surface area contributed by atoms with Crippen molar-refractivity contribution in [3.8, 4) is 18.2 Å². The third kappa shape index (κ3) is 3.31. The van der Waals surface area contributed by atoms with Crippen LogP contribution in [0, 0.1) is 22.5 Å². The van der Waals surface area contributed by atoms with E-state index >= 15 is 0 Å². The van der Waals surface area contributed by atoms with Gasteiger partial charge in [0.15, 0.2) is 0 Å². The molecular formula is C10H12N4O3. The fourth-order valence-corrected chi connectivity index (χ4v) is 1.20. The minimum Gasteiger partial charge on any atom is -0.476 e. The van der Waals surface area contributed by atoms with E-state index in [1.54, 1.807) is 0 Å². The molecule has 0 aliphatic heterocycles. The molecule has 0 radical (unpaired) electrons. The van der Waals surface area contributed by atoms with Gasteiger partial charge in [0, 0.05) is 13.0 Å². The smallest absolute Gasteiger partial charge is 0.372 e. The third-order valence-corrected chi connectivity index (χ3v) is 1.95. The van der Waals surface area contributed by atoms with Gasteiger partial charge in [-0.15, -0.1) is 12.3 Å². The number of hydrogen-bond acceptors (Lipinski definition) is 6. The summed E-state index contributed by atoms with van der Waals surface area (Å²) in [6.45, 7) is 0.505. The Bertz CT molecular complexity index is 442. The molecular weight excluding hydrogens is 224 g/mol. The van der Waals surface area contributed by atoms with Crippen molar-refractivity contribution in [1.29, 1.82) is 0 Å². The van der Waals surface area contributed by atoms with Gasteiger partial charge in [-0.3, -0.25) is 10.1 Å². The lowest BCUT2D eigenvalue weighted by Crippen LogP contribution is -2.08. The molecule has 0 saturated carbocycles. The van der Waals surface area contributed by atoms with Gasteiger partial charge in [-0.2, -0.15) is 4.98 Å². The Morgan fingerprint density at radius 2 is 2.41 bits per heavy atom. The maximum atomic E-state index is 10.9. The maximum Gasteiger partial charge on any atom is 0.372 e. The van der Waals surface area contributed by atoms with Crippen molar-refractivity contribution in [1.82, 2.24) is 9.97 Å². The molecule has 0 unspecified atom stereocenters. The molecule has 0 saturated heterocycles. The zero-order valence-corrected chi connectivity index (χ0v) is 9.34. The second kappa shape index (κ2) is 6.27. The Kier molecular flexibility index (Phi) is 4.69. The minimum absolute atomic E-state index is 0.0653. The number of hydrogen-bond donors (Lipinski definition) is 1. The Morgan fingerprint density at radius 1 is 1.65 bits per heavy atom. The number of rotatable bonds is 6. The molecule has 0 fully saturated rings. The van der Waals surface area contributed by atoms with Crippen LogP contribution in [0.15, 0.2) is 6.33 Å². The predicted molar refractivity (Wildman–Crippen MR) is 61.8 cm³/mol. The van der Waals surface area contributed by atoms with Crippen LogP contribution in [-0.4, -0.2) is 28.5 Å². The summed E-state index contributed by atoms with van der Waals surface area (Å²) < 4.78 is 4.81. The fraction of sp³-hybridized carbons (Fsp3) is 0.400. The highest BCUT2D eigenvalue weighted by molar-refractivity contribution is 5.60. The van der Waals surface area contributed by atoms with E-state index < -0.39 is 4.92 Å².